The van der Waals surface area contributed by atoms with E-state index in [1.54, 1.807) is 0 Å². The second-order valence-electron chi connectivity index (χ2n) is 6.48. The monoisotopic (exact) mass is 356 g/mol. The summed E-state index contributed by atoms with van der Waals surface area (Å²) in [6, 6.07) is -0.638. The smallest absolute Gasteiger partial charge is 0.246 e. The summed E-state index contributed by atoms with van der Waals surface area (Å²) in [5.41, 5.74) is 0. The minimum Gasteiger partial charge on any atom is -0.346 e. The third-order valence-electron chi connectivity index (χ3n) is 4.42. The summed E-state index contributed by atoms with van der Waals surface area (Å²) in [4.78, 5) is 16.7. The molecule has 1 aromatic heterocycles. The summed E-state index contributed by atoms with van der Waals surface area (Å²) in [6.07, 6.45) is 4.89. The molecule has 1 amide bonds. The minimum atomic E-state index is -3.39. The van der Waals surface area contributed by atoms with E-state index >= 15 is 0 Å². The van der Waals surface area contributed by atoms with Gasteiger partial charge in [-0.05, 0) is 32.1 Å². The molecule has 0 spiro atoms. The fourth-order valence-corrected chi connectivity index (χ4v) is 4.75. The van der Waals surface area contributed by atoms with E-state index in [0.717, 1.165) is 25.7 Å². The third-order valence-corrected chi connectivity index (χ3v) is 6.49. The van der Waals surface area contributed by atoms with Crippen LogP contribution in [0.4, 0.5) is 0 Å². The van der Waals surface area contributed by atoms with Crippen molar-refractivity contribution in [3.05, 3.63) is 11.7 Å². The number of carbonyl (C=O) groups is 1. The number of nitrogens with zero attached hydrogens (tertiary/aromatic N) is 3. The summed E-state index contributed by atoms with van der Waals surface area (Å²) >= 11 is 0. The normalized spacial score (nSPS) is 22.5. The summed E-state index contributed by atoms with van der Waals surface area (Å²) in [7, 11) is -3.39. The lowest BCUT2D eigenvalue weighted by Gasteiger charge is -2.33. The first-order chi connectivity index (χ1) is 11.5. The molecule has 2 heterocycles. The third kappa shape index (κ3) is 3.94. The molecular formula is C15H24N4O4S. The molecule has 0 radical (unpaired) electrons. The number of carbonyl (C=O) groups excluding carboxylic acids is 1. The Morgan fingerprint density at radius 3 is 2.83 bits per heavy atom. The number of amides is 1. The lowest BCUT2D eigenvalue weighted by molar-refractivity contribution is -0.126. The largest absolute Gasteiger partial charge is 0.346 e. The Morgan fingerprint density at radius 1 is 1.33 bits per heavy atom. The molecule has 1 saturated carbocycles. The van der Waals surface area contributed by atoms with Crippen molar-refractivity contribution >= 4 is 15.9 Å². The second kappa shape index (κ2) is 7.18. The van der Waals surface area contributed by atoms with Crippen LogP contribution in [0.25, 0.3) is 0 Å². The molecule has 1 aromatic rings. The minimum absolute atomic E-state index is 0.0746. The van der Waals surface area contributed by atoms with Crippen molar-refractivity contribution in [3.8, 4) is 0 Å². The van der Waals surface area contributed by atoms with E-state index in [1.165, 1.54) is 4.31 Å². The van der Waals surface area contributed by atoms with Crippen LogP contribution in [0.5, 0.6) is 0 Å². The zero-order valence-corrected chi connectivity index (χ0v) is 14.7. The molecule has 1 atom stereocenters. The van der Waals surface area contributed by atoms with Crippen molar-refractivity contribution in [2.45, 2.75) is 64.0 Å². The van der Waals surface area contributed by atoms with Gasteiger partial charge in [-0.1, -0.05) is 18.5 Å². The molecule has 1 saturated heterocycles. The molecule has 8 nitrogen and oxygen atoms in total. The molecule has 2 fully saturated rings. The van der Waals surface area contributed by atoms with Gasteiger partial charge >= 0.3 is 0 Å². The Bertz CT molecular complexity index is 683. The van der Waals surface area contributed by atoms with Crippen LogP contribution in [0, 0.1) is 0 Å². The van der Waals surface area contributed by atoms with Crippen LogP contribution in [-0.4, -0.2) is 47.1 Å². The standard InChI is InChI=1S/C15H24N4O4S/c1-2-9-24(21,22)19-8-4-3-5-12(19)15(20)16-10-13-17-14(18-23-13)11-6-7-11/h11-12H,2-10H2,1H3,(H,16,20). The molecule has 1 unspecified atom stereocenters. The maximum absolute atomic E-state index is 12.5. The molecule has 3 rings (SSSR count). The van der Waals surface area contributed by atoms with E-state index < -0.39 is 16.1 Å². The number of rotatable bonds is 7. The lowest BCUT2D eigenvalue weighted by atomic mass is 10.0. The van der Waals surface area contributed by atoms with E-state index in [9.17, 15) is 13.2 Å². The molecule has 1 aliphatic heterocycles. The first kappa shape index (κ1) is 17.3. The predicted molar refractivity (Wildman–Crippen MR) is 86.5 cm³/mol. The molecule has 0 bridgehead atoms. The predicted octanol–water partition coefficient (Wildman–Crippen LogP) is 1.16. The summed E-state index contributed by atoms with van der Waals surface area (Å²) in [5.74, 6) is 1.24. The van der Waals surface area contributed by atoms with E-state index in [2.05, 4.69) is 15.5 Å². The van der Waals surface area contributed by atoms with Crippen molar-refractivity contribution in [3.63, 3.8) is 0 Å². The van der Waals surface area contributed by atoms with Crippen molar-refractivity contribution < 1.29 is 17.7 Å². The molecule has 24 heavy (non-hydrogen) atoms. The number of aromatic nitrogens is 2. The summed E-state index contributed by atoms with van der Waals surface area (Å²) in [6.45, 7) is 2.37. The van der Waals surface area contributed by atoms with Crippen LogP contribution in [0.2, 0.25) is 0 Å². The van der Waals surface area contributed by atoms with Crippen molar-refractivity contribution in [1.29, 1.82) is 0 Å². The molecule has 1 N–H and O–H groups in total. The zero-order valence-electron chi connectivity index (χ0n) is 13.9. The number of piperidine rings is 1. The van der Waals surface area contributed by atoms with Crippen LogP contribution in [0.15, 0.2) is 4.52 Å². The fourth-order valence-electron chi connectivity index (χ4n) is 3.00. The molecule has 0 aromatic carbocycles. The maximum Gasteiger partial charge on any atom is 0.246 e. The van der Waals surface area contributed by atoms with Gasteiger partial charge in [0, 0.05) is 12.5 Å². The van der Waals surface area contributed by atoms with Crippen LogP contribution < -0.4 is 5.32 Å². The van der Waals surface area contributed by atoms with Crippen LogP contribution in [-0.2, 0) is 21.4 Å². The van der Waals surface area contributed by atoms with Gasteiger partial charge in [0.05, 0.1) is 12.3 Å². The van der Waals surface area contributed by atoms with Crippen molar-refractivity contribution in [1.82, 2.24) is 19.8 Å². The van der Waals surface area contributed by atoms with Gasteiger partial charge in [0.25, 0.3) is 0 Å². The molecular weight excluding hydrogens is 332 g/mol. The van der Waals surface area contributed by atoms with Gasteiger partial charge in [0.1, 0.15) is 6.04 Å². The van der Waals surface area contributed by atoms with Gasteiger partial charge in [0.15, 0.2) is 5.82 Å². The van der Waals surface area contributed by atoms with Crippen LogP contribution in [0.1, 0.15) is 63.1 Å². The Labute approximate surface area is 142 Å². The Balaban J connectivity index is 1.60. The Morgan fingerprint density at radius 2 is 2.12 bits per heavy atom. The summed E-state index contributed by atoms with van der Waals surface area (Å²) in [5, 5.41) is 6.65. The van der Waals surface area contributed by atoms with E-state index in [0.29, 0.717) is 37.0 Å². The van der Waals surface area contributed by atoms with Crippen LogP contribution >= 0.6 is 0 Å². The average Bonchev–Trinajstić information content (AvgIpc) is 3.31. The highest BCUT2D eigenvalue weighted by atomic mass is 32.2. The van der Waals surface area contributed by atoms with E-state index in [1.807, 2.05) is 6.92 Å². The fraction of sp³-hybridized carbons (Fsp3) is 0.800. The number of hydrogen-bond donors (Lipinski definition) is 1. The molecule has 134 valence electrons. The number of nitrogens with one attached hydrogen (secondary N) is 1. The zero-order chi connectivity index (χ0) is 17.2. The second-order valence-corrected chi connectivity index (χ2v) is 8.52. The highest BCUT2D eigenvalue weighted by molar-refractivity contribution is 7.89. The maximum atomic E-state index is 12.5. The topological polar surface area (TPSA) is 105 Å². The van der Waals surface area contributed by atoms with Gasteiger partial charge < -0.3 is 9.84 Å². The Hall–Kier alpha value is -1.48. The average molecular weight is 356 g/mol. The number of sulfonamides is 1. The molecule has 2 aliphatic rings. The van der Waals surface area contributed by atoms with E-state index in [-0.39, 0.29) is 18.2 Å². The lowest BCUT2D eigenvalue weighted by Crippen LogP contribution is -2.52. The Kier molecular flexibility index (Phi) is 5.19. The van der Waals surface area contributed by atoms with Crippen LogP contribution in [0.3, 0.4) is 0 Å². The number of hydrogen-bond acceptors (Lipinski definition) is 6. The van der Waals surface area contributed by atoms with Crippen molar-refractivity contribution in [2.24, 2.45) is 0 Å². The van der Waals surface area contributed by atoms with Gasteiger partial charge in [-0.2, -0.15) is 9.29 Å². The highest BCUT2D eigenvalue weighted by Gasteiger charge is 2.36. The van der Waals surface area contributed by atoms with E-state index in [4.69, 9.17) is 4.52 Å². The quantitative estimate of drug-likeness (QED) is 0.786. The molecule has 1 aliphatic carbocycles. The first-order valence-corrected chi connectivity index (χ1v) is 10.2. The van der Waals surface area contributed by atoms with Gasteiger partial charge in [-0.3, -0.25) is 4.79 Å². The van der Waals surface area contributed by atoms with Gasteiger partial charge in [-0.15, -0.1) is 0 Å². The first-order valence-electron chi connectivity index (χ1n) is 8.61. The summed E-state index contributed by atoms with van der Waals surface area (Å²) < 4.78 is 31.2. The SMILES string of the molecule is CCCS(=O)(=O)N1CCCCC1C(=O)NCc1nc(C2CC2)no1. The van der Waals surface area contributed by atoms with Gasteiger partial charge in [0.2, 0.25) is 21.8 Å². The van der Waals surface area contributed by atoms with Gasteiger partial charge in [-0.25, -0.2) is 8.42 Å². The van der Waals surface area contributed by atoms with Crippen molar-refractivity contribution in [2.75, 3.05) is 12.3 Å². The molecule has 9 heteroatoms. The highest BCUT2D eigenvalue weighted by Crippen LogP contribution is 2.38.